The molecule has 1 aromatic rings. The van der Waals surface area contributed by atoms with Gasteiger partial charge in [0, 0.05) is 0 Å². The van der Waals surface area contributed by atoms with E-state index in [1.807, 2.05) is 32.1 Å². The van der Waals surface area contributed by atoms with Gasteiger partial charge in [-0.15, -0.1) is 0 Å². The number of rotatable bonds is 1. The lowest BCUT2D eigenvalue weighted by Crippen LogP contribution is -2.18. The minimum absolute atomic E-state index is 0.186. The molecule has 1 amide bonds. The molecule has 2 rings (SSSR count). The zero-order chi connectivity index (χ0) is 11.7. The van der Waals surface area contributed by atoms with Gasteiger partial charge in [0.1, 0.15) is 0 Å². The Balaban J connectivity index is 2.36. The maximum atomic E-state index is 11.4. The first-order valence-corrected chi connectivity index (χ1v) is 5.74. The topological polar surface area (TPSA) is 53.0 Å². The minimum Gasteiger partial charge on any atom is -0.301 e. The Labute approximate surface area is 98.4 Å². The summed E-state index contributed by atoms with van der Waals surface area (Å²) in [5, 5.41) is 10.0. The summed E-state index contributed by atoms with van der Waals surface area (Å²) in [6.45, 7) is 4.05. The van der Waals surface area contributed by atoms with Crippen molar-refractivity contribution in [3.05, 3.63) is 39.8 Å². The first-order chi connectivity index (χ1) is 7.54. The van der Waals surface area contributed by atoms with Crippen LogP contribution in [0.25, 0.3) is 6.08 Å². The average molecular weight is 232 g/mol. The van der Waals surface area contributed by atoms with Gasteiger partial charge in [0.15, 0.2) is 5.17 Å². The van der Waals surface area contributed by atoms with Crippen molar-refractivity contribution in [1.82, 2.24) is 5.32 Å². The van der Waals surface area contributed by atoms with Gasteiger partial charge >= 0.3 is 0 Å². The van der Waals surface area contributed by atoms with Gasteiger partial charge in [-0.05, 0) is 37.2 Å². The molecule has 82 valence electrons. The van der Waals surface area contributed by atoms with E-state index in [0.717, 1.165) is 17.3 Å². The van der Waals surface area contributed by atoms with Crippen LogP contribution in [0.15, 0.2) is 23.1 Å². The normalized spacial score (nSPS) is 18.0. The Hall–Kier alpha value is -1.55. The third kappa shape index (κ3) is 2.33. The number of amidine groups is 1. The predicted molar refractivity (Wildman–Crippen MR) is 67.4 cm³/mol. The Kier molecular flexibility index (Phi) is 2.83. The van der Waals surface area contributed by atoms with Crippen LogP contribution in [-0.4, -0.2) is 11.1 Å². The van der Waals surface area contributed by atoms with Gasteiger partial charge in [-0.3, -0.25) is 10.2 Å². The van der Waals surface area contributed by atoms with Crippen molar-refractivity contribution in [2.75, 3.05) is 0 Å². The number of hydrogen-bond acceptors (Lipinski definition) is 3. The summed E-state index contributed by atoms with van der Waals surface area (Å²) in [4.78, 5) is 12.0. The molecule has 4 heteroatoms. The molecule has 0 atom stereocenters. The van der Waals surface area contributed by atoms with Crippen LogP contribution in [0.2, 0.25) is 0 Å². The Morgan fingerprint density at radius 2 is 1.88 bits per heavy atom. The first-order valence-electron chi connectivity index (χ1n) is 4.92. The predicted octanol–water partition coefficient (Wildman–Crippen LogP) is 2.44. The number of hydrogen-bond donors (Lipinski definition) is 2. The second-order valence-corrected chi connectivity index (χ2v) is 4.87. The number of benzene rings is 1. The van der Waals surface area contributed by atoms with Crippen LogP contribution in [-0.2, 0) is 4.79 Å². The highest BCUT2D eigenvalue weighted by atomic mass is 32.2. The highest BCUT2D eigenvalue weighted by Gasteiger charge is 2.21. The highest BCUT2D eigenvalue weighted by Crippen LogP contribution is 2.25. The zero-order valence-electron chi connectivity index (χ0n) is 9.13. The monoisotopic (exact) mass is 232 g/mol. The van der Waals surface area contributed by atoms with Gasteiger partial charge < -0.3 is 5.32 Å². The van der Waals surface area contributed by atoms with E-state index in [0.29, 0.717) is 4.91 Å². The SMILES string of the molecule is Cc1cc(C)cc(/C=C2\SC(=N)NC2=O)c1. The smallest absolute Gasteiger partial charge is 0.264 e. The Morgan fingerprint density at radius 3 is 2.38 bits per heavy atom. The molecule has 1 aliphatic rings. The molecule has 0 aliphatic carbocycles. The van der Waals surface area contributed by atoms with Crippen molar-refractivity contribution < 1.29 is 4.79 Å². The third-order valence-corrected chi connectivity index (χ3v) is 3.03. The molecular formula is C12H12N2OS. The van der Waals surface area contributed by atoms with E-state index in [2.05, 4.69) is 11.4 Å². The second kappa shape index (κ2) is 4.14. The molecule has 1 aromatic carbocycles. The minimum atomic E-state index is -0.186. The number of carbonyl (C=O) groups is 1. The molecule has 1 heterocycles. The number of amides is 1. The van der Waals surface area contributed by atoms with Crippen molar-refractivity contribution in [1.29, 1.82) is 5.41 Å². The summed E-state index contributed by atoms with van der Waals surface area (Å²) in [7, 11) is 0. The fourth-order valence-corrected chi connectivity index (χ4v) is 2.39. The number of thioether (sulfide) groups is 1. The van der Waals surface area contributed by atoms with Crippen LogP contribution < -0.4 is 5.32 Å². The number of aryl methyl sites for hydroxylation is 2. The molecule has 3 nitrogen and oxygen atoms in total. The molecule has 0 spiro atoms. The van der Waals surface area contributed by atoms with Crippen LogP contribution in [0.5, 0.6) is 0 Å². The van der Waals surface area contributed by atoms with Gasteiger partial charge in [-0.25, -0.2) is 0 Å². The summed E-state index contributed by atoms with van der Waals surface area (Å²) in [5.41, 5.74) is 3.35. The third-order valence-electron chi connectivity index (χ3n) is 2.20. The van der Waals surface area contributed by atoms with E-state index >= 15 is 0 Å². The van der Waals surface area contributed by atoms with Crippen molar-refractivity contribution in [3.8, 4) is 0 Å². The largest absolute Gasteiger partial charge is 0.301 e. The maximum Gasteiger partial charge on any atom is 0.264 e. The van der Waals surface area contributed by atoms with Crippen LogP contribution in [0.1, 0.15) is 16.7 Å². The van der Waals surface area contributed by atoms with Crippen molar-refractivity contribution in [2.24, 2.45) is 0 Å². The van der Waals surface area contributed by atoms with Crippen LogP contribution in [0, 0.1) is 19.3 Å². The van der Waals surface area contributed by atoms with Crippen molar-refractivity contribution in [2.45, 2.75) is 13.8 Å². The Morgan fingerprint density at radius 1 is 1.25 bits per heavy atom. The van der Waals surface area contributed by atoms with E-state index in [4.69, 9.17) is 5.41 Å². The summed E-state index contributed by atoms with van der Waals surface area (Å²) < 4.78 is 0. The maximum absolute atomic E-state index is 11.4. The lowest BCUT2D eigenvalue weighted by molar-refractivity contribution is -0.115. The molecule has 0 bridgehead atoms. The molecule has 0 unspecified atom stereocenters. The summed E-state index contributed by atoms with van der Waals surface area (Å²) in [6, 6.07) is 6.14. The molecular weight excluding hydrogens is 220 g/mol. The molecule has 2 N–H and O–H groups in total. The molecule has 16 heavy (non-hydrogen) atoms. The van der Waals surface area contributed by atoms with E-state index in [1.165, 1.54) is 11.1 Å². The van der Waals surface area contributed by atoms with Crippen molar-refractivity contribution >= 4 is 28.9 Å². The molecule has 0 saturated carbocycles. The molecule has 1 saturated heterocycles. The second-order valence-electron chi connectivity index (χ2n) is 3.81. The number of nitrogens with one attached hydrogen (secondary N) is 2. The first kappa shape index (κ1) is 11.0. The van der Waals surface area contributed by atoms with E-state index in [-0.39, 0.29) is 11.1 Å². The quantitative estimate of drug-likeness (QED) is 0.731. The Bertz CT molecular complexity index is 485. The average Bonchev–Trinajstić information content (AvgIpc) is 2.43. The van der Waals surface area contributed by atoms with Crippen LogP contribution in [0.3, 0.4) is 0 Å². The van der Waals surface area contributed by atoms with Crippen LogP contribution in [0.4, 0.5) is 0 Å². The zero-order valence-corrected chi connectivity index (χ0v) is 9.94. The summed E-state index contributed by atoms with van der Waals surface area (Å²) in [5.74, 6) is -0.186. The van der Waals surface area contributed by atoms with Crippen molar-refractivity contribution in [3.63, 3.8) is 0 Å². The molecule has 0 aromatic heterocycles. The van der Waals surface area contributed by atoms with E-state index in [1.54, 1.807) is 0 Å². The molecule has 0 radical (unpaired) electrons. The van der Waals surface area contributed by atoms with Gasteiger partial charge in [-0.1, -0.05) is 29.3 Å². The summed E-state index contributed by atoms with van der Waals surface area (Å²) in [6.07, 6.45) is 1.82. The fourth-order valence-electron chi connectivity index (χ4n) is 1.69. The van der Waals surface area contributed by atoms with E-state index in [9.17, 15) is 4.79 Å². The standard InChI is InChI=1S/C12H12N2OS/c1-7-3-8(2)5-9(4-7)6-10-11(15)14-12(13)16-10/h3-6H,1-2H3,(H2,13,14,15)/b10-6-. The van der Waals surface area contributed by atoms with Gasteiger partial charge in [-0.2, -0.15) is 0 Å². The molecule has 1 aliphatic heterocycles. The molecule has 1 fully saturated rings. The van der Waals surface area contributed by atoms with Gasteiger partial charge in [0.2, 0.25) is 0 Å². The highest BCUT2D eigenvalue weighted by molar-refractivity contribution is 8.18. The lowest BCUT2D eigenvalue weighted by atomic mass is 10.1. The van der Waals surface area contributed by atoms with E-state index < -0.39 is 0 Å². The lowest BCUT2D eigenvalue weighted by Gasteiger charge is -2.00. The number of carbonyl (C=O) groups excluding carboxylic acids is 1. The fraction of sp³-hybridized carbons (Fsp3) is 0.167. The van der Waals surface area contributed by atoms with Crippen LogP contribution >= 0.6 is 11.8 Å². The summed E-state index contributed by atoms with van der Waals surface area (Å²) >= 11 is 1.16. The van der Waals surface area contributed by atoms with Gasteiger partial charge in [0.05, 0.1) is 4.91 Å². The van der Waals surface area contributed by atoms with Gasteiger partial charge in [0.25, 0.3) is 5.91 Å².